The minimum Gasteiger partial charge on any atom is -0.444 e. The monoisotopic (exact) mass is 270 g/mol. The maximum absolute atomic E-state index is 11.7. The number of carbonyl (C=O) groups excluding carboxylic acids is 1. The highest BCUT2D eigenvalue weighted by Gasteiger charge is 2.33. The number of ether oxygens (including phenoxy) is 1. The van der Waals surface area contributed by atoms with E-state index in [1.165, 1.54) is 0 Å². The number of aliphatic hydroxyl groups is 1. The van der Waals surface area contributed by atoms with Crippen LogP contribution in [0.25, 0.3) is 0 Å². The van der Waals surface area contributed by atoms with E-state index < -0.39 is 5.60 Å². The zero-order chi connectivity index (χ0) is 14.0. The summed E-state index contributed by atoms with van der Waals surface area (Å²) < 4.78 is 5.26. The van der Waals surface area contributed by atoms with Crippen molar-refractivity contribution in [2.24, 2.45) is 0 Å². The van der Waals surface area contributed by atoms with Gasteiger partial charge in [0, 0.05) is 18.1 Å². The molecule has 5 heteroatoms. The standard InChI is InChI=1S/C14H26N2O3/c1-14(2,3)19-13(18)16-10-5-4-9(6-10)15-11-7-12(17)8-11/h9-12,15,17H,4-8H2,1-3H3,(H,16,18). The molecule has 0 aromatic rings. The molecule has 2 saturated carbocycles. The highest BCUT2D eigenvalue weighted by molar-refractivity contribution is 5.68. The molecule has 3 N–H and O–H groups in total. The third-order valence-electron chi connectivity index (χ3n) is 3.74. The fraction of sp³-hybridized carbons (Fsp3) is 0.929. The molecule has 110 valence electrons. The van der Waals surface area contributed by atoms with Crippen molar-refractivity contribution in [3.05, 3.63) is 0 Å². The molecule has 5 nitrogen and oxygen atoms in total. The Kier molecular flexibility index (Phi) is 4.36. The Morgan fingerprint density at radius 2 is 1.74 bits per heavy atom. The van der Waals surface area contributed by atoms with Gasteiger partial charge in [-0.05, 0) is 52.9 Å². The van der Waals surface area contributed by atoms with Gasteiger partial charge in [-0.15, -0.1) is 0 Å². The van der Waals surface area contributed by atoms with Gasteiger partial charge >= 0.3 is 6.09 Å². The number of alkyl carbamates (subject to hydrolysis) is 1. The number of nitrogens with one attached hydrogen (secondary N) is 2. The summed E-state index contributed by atoms with van der Waals surface area (Å²) in [7, 11) is 0. The molecular formula is C14H26N2O3. The Labute approximate surface area is 115 Å². The average Bonchev–Trinajstić information content (AvgIpc) is 2.60. The molecule has 0 aromatic carbocycles. The maximum atomic E-state index is 11.7. The van der Waals surface area contributed by atoms with E-state index in [-0.39, 0.29) is 18.2 Å². The highest BCUT2D eigenvalue weighted by Crippen LogP contribution is 2.25. The summed E-state index contributed by atoms with van der Waals surface area (Å²) in [5, 5.41) is 15.7. The summed E-state index contributed by atoms with van der Waals surface area (Å²) in [6.45, 7) is 5.61. The van der Waals surface area contributed by atoms with Crippen LogP contribution in [0.2, 0.25) is 0 Å². The van der Waals surface area contributed by atoms with Crippen LogP contribution in [0, 0.1) is 0 Å². The molecule has 2 atom stereocenters. The van der Waals surface area contributed by atoms with Crippen LogP contribution in [0.4, 0.5) is 4.79 Å². The highest BCUT2D eigenvalue weighted by atomic mass is 16.6. The molecule has 2 unspecified atom stereocenters. The molecule has 2 fully saturated rings. The van der Waals surface area contributed by atoms with Gasteiger partial charge in [0.2, 0.25) is 0 Å². The second-order valence-corrected chi connectivity index (χ2v) is 6.84. The van der Waals surface area contributed by atoms with E-state index in [1.54, 1.807) is 0 Å². The first-order valence-electron chi connectivity index (χ1n) is 7.25. The van der Waals surface area contributed by atoms with Crippen molar-refractivity contribution < 1.29 is 14.6 Å². The quantitative estimate of drug-likeness (QED) is 0.727. The normalized spacial score (nSPS) is 34.7. The van der Waals surface area contributed by atoms with Gasteiger partial charge in [-0.3, -0.25) is 0 Å². The number of amides is 1. The van der Waals surface area contributed by atoms with Crippen LogP contribution in [0.1, 0.15) is 52.9 Å². The molecule has 0 radical (unpaired) electrons. The Morgan fingerprint density at radius 1 is 1.11 bits per heavy atom. The van der Waals surface area contributed by atoms with Crippen LogP contribution in [-0.4, -0.2) is 41.0 Å². The van der Waals surface area contributed by atoms with Crippen molar-refractivity contribution in [1.29, 1.82) is 0 Å². The van der Waals surface area contributed by atoms with Crippen molar-refractivity contribution in [3.63, 3.8) is 0 Å². The van der Waals surface area contributed by atoms with Gasteiger partial charge < -0.3 is 20.5 Å². The van der Waals surface area contributed by atoms with E-state index in [0.717, 1.165) is 32.1 Å². The second-order valence-electron chi connectivity index (χ2n) is 6.84. The smallest absolute Gasteiger partial charge is 0.407 e. The van der Waals surface area contributed by atoms with Crippen molar-refractivity contribution in [2.75, 3.05) is 0 Å². The Morgan fingerprint density at radius 3 is 2.32 bits per heavy atom. The fourth-order valence-electron chi connectivity index (χ4n) is 2.80. The average molecular weight is 270 g/mol. The summed E-state index contributed by atoms with van der Waals surface area (Å²) in [6, 6.07) is 1.12. The molecule has 0 heterocycles. The molecule has 0 saturated heterocycles. The molecule has 1 amide bonds. The summed E-state index contributed by atoms with van der Waals surface area (Å²) in [5.74, 6) is 0. The lowest BCUT2D eigenvalue weighted by Crippen LogP contribution is -2.48. The van der Waals surface area contributed by atoms with Crippen LogP contribution in [0.15, 0.2) is 0 Å². The summed E-state index contributed by atoms with van der Waals surface area (Å²) >= 11 is 0. The molecule has 0 bridgehead atoms. The molecular weight excluding hydrogens is 244 g/mol. The zero-order valence-corrected chi connectivity index (χ0v) is 12.1. The minimum atomic E-state index is -0.442. The van der Waals surface area contributed by atoms with E-state index in [4.69, 9.17) is 4.74 Å². The minimum absolute atomic E-state index is 0.116. The number of hydrogen-bond donors (Lipinski definition) is 3. The van der Waals surface area contributed by atoms with Crippen LogP contribution in [0.5, 0.6) is 0 Å². The van der Waals surface area contributed by atoms with Crippen LogP contribution < -0.4 is 10.6 Å². The molecule has 0 spiro atoms. The van der Waals surface area contributed by atoms with Crippen LogP contribution in [0.3, 0.4) is 0 Å². The molecule has 2 rings (SSSR count). The van der Waals surface area contributed by atoms with E-state index in [9.17, 15) is 9.90 Å². The van der Waals surface area contributed by atoms with Gasteiger partial charge in [-0.25, -0.2) is 4.79 Å². The lowest BCUT2D eigenvalue weighted by Gasteiger charge is -2.34. The van der Waals surface area contributed by atoms with Gasteiger partial charge in [0.05, 0.1) is 6.10 Å². The lowest BCUT2D eigenvalue weighted by molar-refractivity contribution is 0.0503. The predicted octanol–water partition coefficient (Wildman–Crippen LogP) is 1.55. The van der Waals surface area contributed by atoms with Crippen molar-refractivity contribution >= 4 is 6.09 Å². The Bertz CT molecular complexity index is 321. The topological polar surface area (TPSA) is 70.6 Å². The van der Waals surface area contributed by atoms with Gasteiger partial charge in [-0.1, -0.05) is 0 Å². The zero-order valence-electron chi connectivity index (χ0n) is 12.1. The molecule has 19 heavy (non-hydrogen) atoms. The fourth-order valence-corrected chi connectivity index (χ4v) is 2.80. The second kappa shape index (κ2) is 5.67. The number of rotatable bonds is 3. The van der Waals surface area contributed by atoms with Gasteiger partial charge in [0.15, 0.2) is 0 Å². The van der Waals surface area contributed by atoms with E-state index in [1.807, 2.05) is 20.8 Å². The van der Waals surface area contributed by atoms with E-state index in [0.29, 0.717) is 12.1 Å². The number of hydrogen-bond acceptors (Lipinski definition) is 4. The SMILES string of the molecule is CC(C)(C)OC(=O)NC1CCC(NC2CC(O)C2)C1. The summed E-state index contributed by atoms with van der Waals surface area (Å²) in [6.07, 6.45) is 4.30. The molecule has 2 aliphatic rings. The number of aliphatic hydroxyl groups excluding tert-OH is 1. The first-order valence-corrected chi connectivity index (χ1v) is 7.25. The maximum Gasteiger partial charge on any atom is 0.407 e. The number of carbonyl (C=O) groups is 1. The summed E-state index contributed by atoms with van der Waals surface area (Å²) in [5.41, 5.74) is -0.442. The molecule has 2 aliphatic carbocycles. The van der Waals surface area contributed by atoms with E-state index in [2.05, 4.69) is 10.6 Å². The first-order chi connectivity index (χ1) is 8.82. The molecule has 0 aromatic heterocycles. The molecule has 0 aliphatic heterocycles. The van der Waals surface area contributed by atoms with E-state index >= 15 is 0 Å². The summed E-state index contributed by atoms with van der Waals surface area (Å²) in [4.78, 5) is 11.7. The van der Waals surface area contributed by atoms with Gasteiger partial charge in [-0.2, -0.15) is 0 Å². The van der Waals surface area contributed by atoms with Gasteiger partial charge in [0.1, 0.15) is 5.60 Å². The Hall–Kier alpha value is -0.810. The lowest BCUT2D eigenvalue weighted by atomic mass is 9.89. The van der Waals surface area contributed by atoms with Gasteiger partial charge in [0.25, 0.3) is 0 Å². The first kappa shape index (κ1) is 14.6. The van der Waals surface area contributed by atoms with Crippen molar-refractivity contribution in [2.45, 2.75) is 82.7 Å². The Balaban J connectivity index is 1.66. The van der Waals surface area contributed by atoms with Crippen molar-refractivity contribution in [3.8, 4) is 0 Å². The largest absolute Gasteiger partial charge is 0.444 e. The predicted molar refractivity (Wildman–Crippen MR) is 73.0 cm³/mol. The van der Waals surface area contributed by atoms with Crippen LogP contribution >= 0.6 is 0 Å². The van der Waals surface area contributed by atoms with Crippen molar-refractivity contribution in [1.82, 2.24) is 10.6 Å². The van der Waals surface area contributed by atoms with Crippen LogP contribution in [-0.2, 0) is 4.74 Å². The third kappa shape index (κ3) is 4.66. The third-order valence-corrected chi connectivity index (χ3v) is 3.74.